The molecule has 0 saturated heterocycles. The molecule has 0 aliphatic carbocycles. The summed E-state index contributed by atoms with van der Waals surface area (Å²) in [5.74, 6) is -0.661. The van der Waals surface area contributed by atoms with Crippen LogP contribution in [0.5, 0.6) is 0 Å². The normalized spacial score (nSPS) is 11.6. The van der Waals surface area contributed by atoms with Gasteiger partial charge in [-0.25, -0.2) is 0 Å². The number of aliphatic carboxylic acids is 1. The molecule has 0 fully saturated rings. The predicted octanol–water partition coefficient (Wildman–Crippen LogP) is 5.57. The van der Waals surface area contributed by atoms with Crippen LogP contribution in [0.25, 0.3) is 0 Å². The number of carboxylic acids is 1. The van der Waals surface area contributed by atoms with Crippen molar-refractivity contribution < 1.29 is 9.90 Å². The fourth-order valence-corrected chi connectivity index (χ4v) is 5.23. The van der Waals surface area contributed by atoms with E-state index in [1.807, 2.05) is 0 Å². The molecule has 23 heavy (non-hydrogen) atoms. The van der Waals surface area contributed by atoms with Crippen molar-refractivity contribution >= 4 is 18.5 Å². The van der Waals surface area contributed by atoms with Gasteiger partial charge < -0.3 is 5.11 Å². The van der Waals surface area contributed by atoms with Crippen molar-refractivity contribution in [1.82, 2.24) is 0 Å². The van der Waals surface area contributed by atoms with E-state index in [0.717, 1.165) is 12.8 Å². The summed E-state index contributed by atoms with van der Waals surface area (Å²) in [5, 5.41) is 10.1. The summed E-state index contributed by atoms with van der Waals surface area (Å²) in [5.41, 5.74) is 0. The summed E-state index contributed by atoms with van der Waals surface area (Å²) >= 11 is 0. The van der Waals surface area contributed by atoms with E-state index in [4.69, 9.17) is 5.11 Å². The van der Waals surface area contributed by atoms with E-state index < -0.39 is 13.2 Å². The van der Waals surface area contributed by atoms with Gasteiger partial charge in [0.25, 0.3) is 0 Å². The van der Waals surface area contributed by atoms with Crippen LogP contribution in [0.1, 0.15) is 64.2 Å². The summed E-state index contributed by atoms with van der Waals surface area (Å²) in [7, 11) is -0.925. The molecule has 1 rings (SSSR count). The Labute approximate surface area is 143 Å². The Morgan fingerprint density at radius 1 is 0.826 bits per heavy atom. The smallest absolute Gasteiger partial charge is 0.303 e. The Bertz CT molecular complexity index is 429. The Morgan fingerprint density at radius 3 is 1.83 bits per heavy atom. The molecule has 0 unspecified atom stereocenters. The van der Waals surface area contributed by atoms with E-state index in [1.165, 1.54) is 51.1 Å². The van der Waals surface area contributed by atoms with E-state index in [1.54, 1.807) is 5.30 Å². The first-order valence-electron chi connectivity index (χ1n) is 9.13. The topological polar surface area (TPSA) is 37.3 Å². The first-order valence-corrected chi connectivity index (χ1v) is 12.0. The number of hydrogen-bond acceptors (Lipinski definition) is 1. The van der Waals surface area contributed by atoms with Crippen LogP contribution in [-0.4, -0.2) is 30.6 Å². The average Bonchev–Trinajstić information content (AvgIpc) is 2.53. The van der Waals surface area contributed by atoms with Crippen molar-refractivity contribution in [2.75, 3.05) is 19.5 Å². The van der Waals surface area contributed by atoms with Gasteiger partial charge in [0.15, 0.2) is 0 Å². The fraction of sp³-hybridized carbons (Fsp3) is 0.650. The van der Waals surface area contributed by atoms with Crippen LogP contribution in [0.4, 0.5) is 0 Å². The van der Waals surface area contributed by atoms with Gasteiger partial charge in [0.05, 0.1) is 24.8 Å². The van der Waals surface area contributed by atoms with E-state index in [0.29, 0.717) is 6.42 Å². The Morgan fingerprint density at radius 2 is 1.30 bits per heavy atom. The SMILES string of the molecule is C[P+](C)(CCCCCCCCCCCC(=O)O)c1ccccc1. The second kappa shape index (κ2) is 11.6. The van der Waals surface area contributed by atoms with Gasteiger partial charge in [0.1, 0.15) is 0 Å². The molecule has 0 saturated carbocycles. The summed E-state index contributed by atoms with van der Waals surface area (Å²) < 4.78 is 0. The van der Waals surface area contributed by atoms with Crippen LogP contribution in [0.15, 0.2) is 30.3 Å². The minimum absolute atomic E-state index is 0.334. The molecule has 130 valence electrons. The first-order chi connectivity index (χ1) is 11.0. The van der Waals surface area contributed by atoms with E-state index in [2.05, 4.69) is 43.7 Å². The third-order valence-corrected chi connectivity index (χ3v) is 7.69. The number of unbranched alkanes of at least 4 members (excludes halogenated alkanes) is 8. The van der Waals surface area contributed by atoms with Crippen LogP contribution in [0.3, 0.4) is 0 Å². The lowest BCUT2D eigenvalue weighted by atomic mass is 10.1. The van der Waals surface area contributed by atoms with Crippen molar-refractivity contribution in [2.24, 2.45) is 0 Å². The fourth-order valence-electron chi connectivity index (χ4n) is 2.98. The highest BCUT2D eigenvalue weighted by Crippen LogP contribution is 2.50. The summed E-state index contributed by atoms with van der Waals surface area (Å²) in [6.45, 7) is 4.92. The lowest BCUT2D eigenvalue weighted by Crippen LogP contribution is -2.11. The molecular weight excluding hydrogens is 303 g/mol. The van der Waals surface area contributed by atoms with Gasteiger partial charge in [0, 0.05) is 13.7 Å². The van der Waals surface area contributed by atoms with Crippen LogP contribution in [0.2, 0.25) is 0 Å². The summed E-state index contributed by atoms with van der Waals surface area (Å²) in [4.78, 5) is 10.4. The molecule has 0 radical (unpaired) electrons. The number of hydrogen-bond donors (Lipinski definition) is 1. The van der Waals surface area contributed by atoms with Crippen LogP contribution >= 0.6 is 7.26 Å². The standard InChI is InChI=1S/C20H33O2P/c1-23(2,19-15-11-10-12-16-19)18-14-9-7-5-3-4-6-8-13-17-20(21)22/h10-12,15-16H,3-9,13-14,17-18H2,1-2H3/p+1. The molecule has 0 aromatic heterocycles. The number of carbonyl (C=O) groups is 1. The molecule has 0 bridgehead atoms. The van der Waals surface area contributed by atoms with Gasteiger partial charge >= 0.3 is 5.97 Å². The molecule has 1 aromatic rings. The minimum Gasteiger partial charge on any atom is -0.481 e. The lowest BCUT2D eigenvalue weighted by molar-refractivity contribution is -0.137. The minimum atomic E-state index is -0.925. The molecule has 0 amide bonds. The first kappa shape index (κ1) is 20.2. The molecule has 3 heteroatoms. The molecule has 0 heterocycles. The van der Waals surface area contributed by atoms with Crippen molar-refractivity contribution in [3.8, 4) is 0 Å². The van der Waals surface area contributed by atoms with Crippen molar-refractivity contribution in [2.45, 2.75) is 64.2 Å². The van der Waals surface area contributed by atoms with Gasteiger partial charge in [0.2, 0.25) is 0 Å². The van der Waals surface area contributed by atoms with Crippen LogP contribution in [-0.2, 0) is 4.79 Å². The van der Waals surface area contributed by atoms with Crippen molar-refractivity contribution in [3.63, 3.8) is 0 Å². The van der Waals surface area contributed by atoms with E-state index in [9.17, 15) is 4.79 Å². The Hall–Kier alpha value is -0.880. The molecule has 1 N–H and O–H groups in total. The predicted molar refractivity (Wildman–Crippen MR) is 104 cm³/mol. The van der Waals surface area contributed by atoms with Gasteiger partial charge in [-0.3, -0.25) is 4.79 Å². The molecular formula is C20H34O2P+. The monoisotopic (exact) mass is 337 g/mol. The number of benzene rings is 1. The Kier molecular flexibility index (Phi) is 10.2. The van der Waals surface area contributed by atoms with Crippen molar-refractivity contribution in [1.29, 1.82) is 0 Å². The van der Waals surface area contributed by atoms with Gasteiger partial charge in [-0.15, -0.1) is 0 Å². The second-order valence-electron chi connectivity index (χ2n) is 7.07. The summed E-state index contributed by atoms with van der Waals surface area (Å²) in [6.07, 6.45) is 12.8. The second-order valence-corrected chi connectivity index (χ2v) is 11.4. The van der Waals surface area contributed by atoms with Crippen LogP contribution in [0, 0.1) is 0 Å². The third-order valence-electron chi connectivity index (χ3n) is 4.56. The molecule has 1 aromatic carbocycles. The maximum absolute atomic E-state index is 10.4. The molecule has 2 nitrogen and oxygen atoms in total. The molecule has 0 spiro atoms. The van der Waals surface area contributed by atoms with E-state index >= 15 is 0 Å². The highest BCUT2D eigenvalue weighted by molar-refractivity contribution is 7.81. The molecule has 0 atom stereocenters. The molecule has 0 aliphatic rings. The van der Waals surface area contributed by atoms with E-state index in [-0.39, 0.29) is 0 Å². The zero-order valence-corrected chi connectivity index (χ0v) is 15.9. The van der Waals surface area contributed by atoms with Gasteiger partial charge in [-0.1, -0.05) is 56.7 Å². The number of carboxylic acid groups (broad SMARTS) is 1. The zero-order chi connectivity index (χ0) is 17.0. The number of rotatable bonds is 13. The average molecular weight is 337 g/mol. The lowest BCUT2D eigenvalue weighted by Gasteiger charge is -2.17. The van der Waals surface area contributed by atoms with Gasteiger partial charge in [-0.2, -0.15) is 0 Å². The Balaban J connectivity index is 1.96. The zero-order valence-electron chi connectivity index (χ0n) is 15.0. The maximum atomic E-state index is 10.4. The van der Waals surface area contributed by atoms with Crippen LogP contribution < -0.4 is 5.30 Å². The highest BCUT2D eigenvalue weighted by atomic mass is 31.2. The highest BCUT2D eigenvalue weighted by Gasteiger charge is 2.26. The van der Waals surface area contributed by atoms with Gasteiger partial charge in [-0.05, 0) is 31.4 Å². The maximum Gasteiger partial charge on any atom is 0.303 e. The third kappa shape index (κ3) is 9.76. The molecule has 0 aliphatic heterocycles. The largest absolute Gasteiger partial charge is 0.481 e. The summed E-state index contributed by atoms with van der Waals surface area (Å²) in [6, 6.07) is 11.0. The van der Waals surface area contributed by atoms with Crippen molar-refractivity contribution in [3.05, 3.63) is 30.3 Å². The quantitative estimate of drug-likeness (QED) is 0.377.